The molecule has 3 heteroatoms. The van der Waals surface area contributed by atoms with Crippen LogP contribution in [-0.4, -0.2) is 18.1 Å². The van der Waals surface area contributed by atoms with E-state index in [0.717, 1.165) is 11.9 Å². The average molecular weight is 190 g/mol. The predicted octanol–water partition coefficient (Wildman–Crippen LogP) is 2.00. The minimum atomic E-state index is 0. The Balaban J connectivity index is 0.00000112. The van der Waals surface area contributed by atoms with E-state index in [4.69, 9.17) is 0 Å². The van der Waals surface area contributed by atoms with Gasteiger partial charge in [-0.05, 0) is 11.6 Å². The van der Waals surface area contributed by atoms with E-state index in [9.17, 15) is 4.79 Å². The first-order chi connectivity index (χ1) is 6.92. The summed E-state index contributed by atoms with van der Waals surface area (Å²) in [5.74, 6) is 0. The highest BCUT2D eigenvalue weighted by molar-refractivity contribution is 5.83. The molecule has 0 spiro atoms. The number of aromatic amines is 1. The quantitative estimate of drug-likeness (QED) is 0.591. The maximum absolute atomic E-state index is 9.97. The number of fused-ring (bicyclic) bond motifs is 1. The number of hydrogen-bond acceptors (Lipinski definition) is 2. The van der Waals surface area contributed by atoms with Gasteiger partial charge in [-0.2, -0.15) is 0 Å². The summed E-state index contributed by atoms with van der Waals surface area (Å²) in [5.41, 5.74) is 2.30. The second-order valence-corrected chi connectivity index (χ2v) is 3.08. The fraction of sp³-hybridized carbons (Fsp3) is 0.182. The smallest absolute Gasteiger partial charge is 0.468 e. The Labute approximate surface area is 83.2 Å². The Kier molecular flexibility index (Phi) is 2.49. The largest absolute Gasteiger partial charge is 1.00 e. The number of nitrogens with one attached hydrogen (secondary N) is 1. The van der Waals surface area contributed by atoms with Gasteiger partial charge < -0.3 is 9.72 Å². The molecule has 0 aliphatic heterocycles. The topological polar surface area (TPSA) is 42.1 Å². The van der Waals surface area contributed by atoms with E-state index in [1.54, 1.807) is 0 Å². The highest BCUT2D eigenvalue weighted by Gasteiger charge is 2.01. The molecule has 0 aliphatic rings. The summed E-state index contributed by atoms with van der Waals surface area (Å²) in [4.78, 5) is 13.1. The van der Waals surface area contributed by atoms with Gasteiger partial charge in [0, 0.05) is 23.5 Å². The third-order valence-electron chi connectivity index (χ3n) is 2.23. The summed E-state index contributed by atoms with van der Waals surface area (Å²) in [6.45, 7) is 0.917. The average Bonchev–Trinajstić information content (AvgIpc) is 2.63. The molecule has 0 amide bonds. The zero-order valence-corrected chi connectivity index (χ0v) is 7.69. The molecule has 0 unspecified atom stereocenters. The van der Waals surface area contributed by atoms with Crippen LogP contribution in [0.4, 0.5) is 0 Å². The van der Waals surface area contributed by atoms with Crippen LogP contribution in [0.2, 0.25) is 0 Å². The van der Waals surface area contributed by atoms with Crippen molar-refractivity contribution in [2.75, 3.05) is 6.61 Å². The lowest BCUT2D eigenvalue weighted by Gasteiger charge is -1.97. The van der Waals surface area contributed by atoms with Gasteiger partial charge >= 0.3 is 1.43 Å². The van der Waals surface area contributed by atoms with E-state index in [0.29, 0.717) is 13.1 Å². The molecule has 0 atom stereocenters. The monoisotopic (exact) mass is 190 g/mol. The molecule has 2 aromatic rings. The minimum absolute atomic E-state index is 0. The number of carbonyl (C=O) groups is 1. The summed E-state index contributed by atoms with van der Waals surface area (Å²) in [6.07, 6.45) is 2.71. The molecule has 0 fully saturated rings. The van der Waals surface area contributed by atoms with Crippen LogP contribution in [0, 0.1) is 0 Å². The molecular weight excluding hydrogens is 178 g/mol. The lowest BCUT2D eigenvalue weighted by atomic mass is 10.1. The Morgan fingerprint density at radius 2 is 2.29 bits per heavy atom. The van der Waals surface area contributed by atoms with Crippen LogP contribution >= 0.6 is 0 Å². The van der Waals surface area contributed by atoms with Crippen molar-refractivity contribution in [2.45, 2.75) is 6.42 Å². The van der Waals surface area contributed by atoms with E-state index in [2.05, 4.69) is 15.8 Å². The number of benzene rings is 1. The highest BCUT2D eigenvalue weighted by Crippen LogP contribution is 2.17. The molecule has 1 aromatic heterocycles. The highest BCUT2D eigenvalue weighted by atomic mass is 16.5. The lowest BCUT2D eigenvalue weighted by molar-refractivity contribution is -0.128. The third-order valence-corrected chi connectivity index (χ3v) is 2.23. The zero-order chi connectivity index (χ0) is 9.80. The maximum atomic E-state index is 9.97. The fourth-order valence-corrected chi connectivity index (χ4v) is 1.56. The Hall–Kier alpha value is -1.77. The summed E-state index contributed by atoms with van der Waals surface area (Å²) >= 11 is 0. The number of aromatic nitrogens is 1. The SMILES string of the molecule is O=COCCc1c[nH]c2ccccc12.[H+]. The van der Waals surface area contributed by atoms with Crippen LogP contribution in [0.25, 0.3) is 10.9 Å². The minimum Gasteiger partial charge on any atom is -0.468 e. The number of rotatable bonds is 4. The van der Waals surface area contributed by atoms with Crippen LogP contribution in [0.3, 0.4) is 0 Å². The Morgan fingerprint density at radius 1 is 1.43 bits per heavy atom. The second-order valence-electron chi connectivity index (χ2n) is 3.08. The van der Waals surface area contributed by atoms with Gasteiger partial charge in [-0.3, -0.25) is 4.79 Å². The van der Waals surface area contributed by atoms with Crippen LogP contribution in [-0.2, 0) is 16.0 Å². The van der Waals surface area contributed by atoms with Crippen molar-refractivity contribution in [3.05, 3.63) is 36.0 Å². The van der Waals surface area contributed by atoms with Gasteiger partial charge in [0.25, 0.3) is 6.47 Å². The molecule has 0 bridgehead atoms. The van der Waals surface area contributed by atoms with Gasteiger partial charge in [0.2, 0.25) is 0 Å². The normalized spacial score (nSPS) is 10.3. The molecule has 1 N–H and O–H groups in total. The molecular formula is C11H12NO2+. The van der Waals surface area contributed by atoms with Gasteiger partial charge in [0.15, 0.2) is 0 Å². The van der Waals surface area contributed by atoms with Crippen LogP contribution in [0.5, 0.6) is 0 Å². The van der Waals surface area contributed by atoms with E-state index in [1.165, 1.54) is 10.9 Å². The van der Waals surface area contributed by atoms with Gasteiger partial charge in [0.1, 0.15) is 0 Å². The molecule has 1 heterocycles. The van der Waals surface area contributed by atoms with Gasteiger partial charge in [-0.1, -0.05) is 18.2 Å². The van der Waals surface area contributed by atoms with Gasteiger partial charge in [-0.15, -0.1) is 0 Å². The van der Waals surface area contributed by atoms with E-state index in [-0.39, 0.29) is 1.43 Å². The van der Waals surface area contributed by atoms with Crippen molar-refractivity contribution < 1.29 is 11.0 Å². The van der Waals surface area contributed by atoms with E-state index in [1.807, 2.05) is 24.4 Å². The number of ether oxygens (including phenoxy) is 1. The first kappa shape index (κ1) is 8.81. The Morgan fingerprint density at radius 3 is 3.14 bits per heavy atom. The van der Waals surface area contributed by atoms with Crippen molar-refractivity contribution >= 4 is 17.4 Å². The number of para-hydroxylation sites is 1. The molecule has 0 saturated heterocycles. The lowest BCUT2D eigenvalue weighted by Crippen LogP contribution is -1.95. The fourth-order valence-electron chi connectivity index (χ4n) is 1.56. The predicted molar refractivity (Wildman–Crippen MR) is 55.1 cm³/mol. The molecule has 14 heavy (non-hydrogen) atoms. The van der Waals surface area contributed by atoms with Crippen molar-refractivity contribution in [2.24, 2.45) is 0 Å². The summed E-state index contributed by atoms with van der Waals surface area (Å²) < 4.78 is 4.66. The Bertz CT molecular complexity index is 439. The summed E-state index contributed by atoms with van der Waals surface area (Å²) in [7, 11) is 0. The van der Waals surface area contributed by atoms with Crippen LogP contribution < -0.4 is 0 Å². The number of carbonyl (C=O) groups excluding carboxylic acids is 1. The molecule has 0 aliphatic carbocycles. The number of H-pyrrole nitrogens is 1. The molecule has 0 radical (unpaired) electrons. The number of hydrogen-bond donors (Lipinski definition) is 1. The van der Waals surface area contributed by atoms with Crippen molar-refractivity contribution in [1.82, 2.24) is 4.98 Å². The van der Waals surface area contributed by atoms with E-state index >= 15 is 0 Å². The zero-order valence-electron chi connectivity index (χ0n) is 8.69. The van der Waals surface area contributed by atoms with Crippen LogP contribution in [0.1, 0.15) is 6.99 Å². The first-order valence-electron chi connectivity index (χ1n) is 4.52. The van der Waals surface area contributed by atoms with Gasteiger partial charge in [0.05, 0.1) is 6.61 Å². The first-order valence-corrected chi connectivity index (χ1v) is 4.52. The molecule has 0 saturated carbocycles. The molecule has 1 aromatic carbocycles. The van der Waals surface area contributed by atoms with Crippen LogP contribution in [0.15, 0.2) is 30.5 Å². The molecule has 72 valence electrons. The van der Waals surface area contributed by atoms with Crippen molar-refractivity contribution in [1.29, 1.82) is 0 Å². The summed E-state index contributed by atoms with van der Waals surface area (Å²) in [6, 6.07) is 8.08. The standard InChI is InChI=1S/C11H11NO2/c13-8-14-6-5-9-7-12-11-4-2-1-3-10(9)11/h1-4,7-8,12H,5-6H2/p+1. The molecule has 3 nitrogen and oxygen atoms in total. The maximum Gasteiger partial charge on any atom is 1.00 e. The van der Waals surface area contributed by atoms with Crippen molar-refractivity contribution in [3.8, 4) is 0 Å². The third kappa shape index (κ3) is 1.62. The summed E-state index contributed by atoms with van der Waals surface area (Å²) in [5, 5.41) is 1.20. The van der Waals surface area contributed by atoms with Gasteiger partial charge in [-0.25, -0.2) is 0 Å². The molecule has 2 rings (SSSR count). The second kappa shape index (κ2) is 3.96. The van der Waals surface area contributed by atoms with E-state index < -0.39 is 0 Å². The van der Waals surface area contributed by atoms with Crippen molar-refractivity contribution in [3.63, 3.8) is 0 Å².